The summed E-state index contributed by atoms with van der Waals surface area (Å²) in [5, 5.41) is 7.09. The highest BCUT2D eigenvalue weighted by atomic mass is 16.3. The van der Waals surface area contributed by atoms with Gasteiger partial charge in [-0.3, -0.25) is 0 Å². The predicted molar refractivity (Wildman–Crippen MR) is 282 cm³/mol. The first-order valence-corrected chi connectivity index (χ1v) is 22.9. The van der Waals surface area contributed by atoms with Crippen molar-refractivity contribution in [3.05, 3.63) is 255 Å². The SMILES string of the molecule is c1ccc(-c2ccc(N(c3ccc(-c4ccc(-c5ccc6c(c5)c5ccccc5n6-c5ccccc5)cc4)cc3)c3cccc4c3oc3c(-c5ccccc5)cc5ccccc5c34)cc2)cc1. The molecule has 0 N–H and O–H groups in total. The van der Waals surface area contributed by atoms with Crippen molar-refractivity contribution in [1.29, 1.82) is 0 Å². The van der Waals surface area contributed by atoms with Crippen LogP contribution in [0.3, 0.4) is 0 Å². The van der Waals surface area contributed by atoms with Crippen molar-refractivity contribution < 1.29 is 4.42 Å². The Labute approximate surface area is 388 Å². The van der Waals surface area contributed by atoms with Gasteiger partial charge in [-0.15, -0.1) is 0 Å². The lowest BCUT2D eigenvalue weighted by molar-refractivity contribution is 0.670. The van der Waals surface area contributed by atoms with E-state index in [-0.39, 0.29) is 0 Å². The van der Waals surface area contributed by atoms with Crippen LogP contribution in [0.2, 0.25) is 0 Å². The first-order chi connectivity index (χ1) is 33.2. The van der Waals surface area contributed by atoms with Crippen molar-refractivity contribution in [3.8, 4) is 50.2 Å². The molecule has 0 radical (unpaired) electrons. The van der Waals surface area contributed by atoms with Crippen molar-refractivity contribution >= 4 is 71.6 Å². The topological polar surface area (TPSA) is 21.3 Å². The second-order valence-corrected chi connectivity index (χ2v) is 17.3. The molecule has 13 aromatic rings. The van der Waals surface area contributed by atoms with Gasteiger partial charge in [0.2, 0.25) is 0 Å². The van der Waals surface area contributed by atoms with E-state index in [0.29, 0.717) is 0 Å². The Bertz CT molecular complexity index is 3930. The molecular formula is C64H42N2O. The van der Waals surface area contributed by atoms with Crippen LogP contribution in [-0.2, 0) is 0 Å². The number of aromatic nitrogens is 1. The van der Waals surface area contributed by atoms with E-state index in [2.05, 4.69) is 264 Å². The summed E-state index contributed by atoms with van der Waals surface area (Å²) in [6.45, 7) is 0. The van der Waals surface area contributed by atoms with Crippen LogP contribution < -0.4 is 4.90 Å². The Kier molecular flexibility index (Phi) is 9.17. The molecule has 3 heteroatoms. The molecule has 0 aliphatic rings. The molecule has 0 atom stereocenters. The Morgan fingerprint density at radius 3 is 1.48 bits per heavy atom. The third kappa shape index (κ3) is 6.59. The number of rotatable bonds is 8. The maximum Gasteiger partial charge on any atom is 0.159 e. The van der Waals surface area contributed by atoms with Gasteiger partial charge in [-0.1, -0.05) is 188 Å². The summed E-state index contributed by atoms with van der Waals surface area (Å²) < 4.78 is 9.52. The van der Waals surface area contributed by atoms with Gasteiger partial charge in [-0.25, -0.2) is 0 Å². The molecule has 2 heterocycles. The zero-order valence-electron chi connectivity index (χ0n) is 36.6. The fourth-order valence-electron chi connectivity index (χ4n) is 10.2. The monoisotopic (exact) mass is 854 g/mol. The van der Waals surface area contributed by atoms with E-state index in [1.165, 1.54) is 60.5 Å². The largest absolute Gasteiger partial charge is 0.453 e. The average Bonchev–Trinajstić information content (AvgIpc) is 3.97. The summed E-state index contributed by atoms with van der Waals surface area (Å²) in [5.41, 5.74) is 17.6. The predicted octanol–water partition coefficient (Wildman–Crippen LogP) is 18.0. The van der Waals surface area contributed by atoms with E-state index in [4.69, 9.17) is 4.42 Å². The number of furan rings is 1. The number of para-hydroxylation sites is 3. The quantitative estimate of drug-likeness (QED) is 0.152. The maximum absolute atomic E-state index is 7.16. The van der Waals surface area contributed by atoms with Crippen molar-refractivity contribution in [1.82, 2.24) is 4.57 Å². The highest BCUT2D eigenvalue weighted by Crippen LogP contribution is 2.47. The lowest BCUT2D eigenvalue weighted by atomic mass is 9.96. The minimum Gasteiger partial charge on any atom is -0.453 e. The highest BCUT2D eigenvalue weighted by molar-refractivity contribution is 6.24. The summed E-state index contributed by atoms with van der Waals surface area (Å²) >= 11 is 0. The molecule has 11 aromatic carbocycles. The maximum atomic E-state index is 7.16. The van der Waals surface area contributed by atoms with Gasteiger partial charge in [-0.2, -0.15) is 0 Å². The third-order valence-corrected chi connectivity index (χ3v) is 13.4. The van der Waals surface area contributed by atoms with Gasteiger partial charge in [0.25, 0.3) is 0 Å². The Morgan fingerprint density at radius 2 is 0.806 bits per heavy atom. The molecule has 0 saturated heterocycles. The highest BCUT2D eigenvalue weighted by Gasteiger charge is 2.23. The summed E-state index contributed by atoms with van der Waals surface area (Å²) in [6.07, 6.45) is 0. The minimum atomic E-state index is 0.848. The molecule has 0 fully saturated rings. The van der Waals surface area contributed by atoms with Gasteiger partial charge >= 0.3 is 0 Å². The smallest absolute Gasteiger partial charge is 0.159 e. The lowest BCUT2D eigenvalue weighted by Crippen LogP contribution is -2.10. The molecule has 2 aromatic heterocycles. The van der Waals surface area contributed by atoms with E-state index >= 15 is 0 Å². The van der Waals surface area contributed by atoms with Crippen LogP contribution in [0.5, 0.6) is 0 Å². The van der Waals surface area contributed by atoms with E-state index in [0.717, 1.165) is 61.3 Å². The minimum absolute atomic E-state index is 0.848. The Balaban J connectivity index is 0.898. The molecule has 0 unspecified atom stereocenters. The second kappa shape index (κ2) is 16.0. The third-order valence-electron chi connectivity index (χ3n) is 13.4. The van der Waals surface area contributed by atoms with E-state index in [1.54, 1.807) is 0 Å². The Morgan fingerprint density at radius 1 is 0.313 bits per heavy atom. The van der Waals surface area contributed by atoms with Crippen molar-refractivity contribution in [2.45, 2.75) is 0 Å². The Hall–Kier alpha value is -8.92. The van der Waals surface area contributed by atoms with Gasteiger partial charge in [0, 0.05) is 44.2 Å². The molecule has 0 spiro atoms. The number of anilines is 3. The van der Waals surface area contributed by atoms with Crippen molar-refractivity contribution in [2.75, 3.05) is 4.90 Å². The molecule has 0 aliphatic carbocycles. The van der Waals surface area contributed by atoms with Crippen LogP contribution >= 0.6 is 0 Å². The van der Waals surface area contributed by atoms with E-state index in [9.17, 15) is 0 Å². The number of hydrogen-bond acceptors (Lipinski definition) is 2. The van der Waals surface area contributed by atoms with Gasteiger partial charge < -0.3 is 13.9 Å². The number of nitrogens with zero attached hydrogens (tertiary/aromatic N) is 2. The molecule has 0 saturated carbocycles. The first kappa shape index (κ1) is 38.5. The molecule has 3 nitrogen and oxygen atoms in total. The molecular weight excluding hydrogens is 813 g/mol. The van der Waals surface area contributed by atoms with Gasteiger partial charge in [-0.05, 0) is 116 Å². The van der Waals surface area contributed by atoms with Crippen LogP contribution in [0.4, 0.5) is 17.1 Å². The molecule has 0 aliphatic heterocycles. The van der Waals surface area contributed by atoms with Gasteiger partial charge in [0.1, 0.15) is 5.58 Å². The van der Waals surface area contributed by atoms with Crippen LogP contribution in [-0.4, -0.2) is 4.57 Å². The van der Waals surface area contributed by atoms with E-state index in [1.807, 2.05) is 0 Å². The van der Waals surface area contributed by atoms with Crippen molar-refractivity contribution in [3.63, 3.8) is 0 Å². The van der Waals surface area contributed by atoms with Crippen molar-refractivity contribution in [2.24, 2.45) is 0 Å². The van der Waals surface area contributed by atoms with Crippen LogP contribution in [0.15, 0.2) is 259 Å². The summed E-state index contributed by atoms with van der Waals surface area (Å²) in [7, 11) is 0. The number of benzene rings is 11. The molecule has 0 bridgehead atoms. The fraction of sp³-hybridized carbons (Fsp3) is 0. The number of fused-ring (bicyclic) bond motifs is 8. The number of hydrogen-bond donors (Lipinski definition) is 0. The summed E-state index contributed by atoms with van der Waals surface area (Å²) in [6, 6.07) is 91.6. The van der Waals surface area contributed by atoms with Crippen LogP contribution in [0.1, 0.15) is 0 Å². The zero-order chi connectivity index (χ0) is 44.3. The van der Waals surface area contributed by atoms with Gasteiger partial charge in [0.15, 0.2) is 5.58 Å². The molecule has 0 amide bonds. The normalized spacial score (nSPS) is 11.6. The molecule has 67 heavy (non-hydrogen) atoms. The molecule has 314 valence electrons. The zero-order valence-corrected chi connectivity index (χ0v) is 36.6. The summed E-state index contributed by atoms with van der Waals surface area (Å²) in [4.78, 5) is 2.33. The van der Waals surface area contributed by atoms with E-state index < -0.39 is 0 Å². The lowest BCUT2D eigenvalue weighted by Gasteiger charge is -2.26. The standard InChI is InChI=1S/C64H42N2O/c1-4-15-43(16-5-1)45-31-36-52(37-32-45)65(61-26-14-24-56-62-54-22-11-10-19-50(54)42-57(64(62)67-63(56)61)48-17-6-2-7-18-48)53-38-33-46(34-39-53)44-27-29-47(30-28-44)49-35-40-60-58(41-49)55-23-12-13-25-59(55)66(60)51-20-8-3-9-21-51/h1-42H. The second-order valence-electron chi connectivity index (χ2n) is 17.3. The van der Waals surface area contributed by atoms with Gasteiger partial charge in [0.05, 0.1) is 16.7 Å². The van der Waals surface area contributed by atoms with Crippen LogP contribution in [0, 0.1) is 0 Å². The first-order valence-electron chi connectivity index (χ1n) is 22.9. The fourth-order valence-corrected chi connectivity index (χ4v) is 10.2. The van der Waals surface area contributed by atoms with Crippen LogP contribution in [0.25, 0.3) is 105 Å². The molecule has 13 rings (SSSR count). The average molecular weight is 855 g/mol. The summed E-state index contributed by atoms with van der Waals surface area (Å²) in [5.74, 6) is 0.